The summed E-state index contributed by atoms with van der Waals surface area (Å²) in [4.78, 5) is 32.3. The molecule has 0 fully saturated rings. The molecule has 0 aromatic rings. The van der Waals surface area contributed by atoms with Gasteiger partial charge in [0.15, 0.2) is 0 Å². The first-order valence-corrected chi connectivity index (χ1v) is 7.25. The lowest BCUT2D eigenvalue weighted by Gasteiger charge is -2.36. The molecular formula is C11H15O6P. The Balaban J connectivity index is 3.46. The van der Waals surface area contributed by atoms with Crippen LogP contribution in [0.25, 0.3) is 0 Å². The van der Waals surface area contributed by atoms with Gasteiger partial charge in [-0.2, -0.15) is 0 Å². The van der Waals surface area contributed by atoms with Crippen molar-refractivity contribution >= 4 is 19.3 Å². The standard InChI is InChI=1S/C11H15O6P/c1-3-18(16,17)8-7(9(12)13)5-4-6-11(8,2)10(14)15/h4-6,8H,3H2,1-2H3,(H,12,13)(H,14,15)(H,16,17). The van der Waals surface area contributed by atoms with E-state index in [0.717, 1.165) is 0 Å². The van der Waals surface area contributed by atoms with Crippen molar-refractivity contribution < 1.29 is 29.3 Å². The van der Waals surface area contributed by atoms with Crippen LogP contribution < -0.4 is 0 Å². The predicted octanol–water partition coefficient (Wildman–Crippen LogP) is 1.32. The van der Waals surface area contributed by atoms with Gasteiger partial charge in [-0.3, -0.25) is 9.36 Å². The van der Waals surface area contributed by atoms with Crippen molar-refractivity contribution in [2.45, 2.75) is 19.5 Å². The molecule has 1 aliphatic rings. The molecule has 7 heteroatoms. The van der Waals surface area contributed by atoms with Crippen LogP contribution in [0.15, 0.2) is 23.8 Å². The Morgan fingerprint density at radius 2 is 2.00 bits per heavy atom. The van der Waals surface area contributed by atoms with Crippen LogP contribution in [0.4, 0.5) is 0 Å². The zero-order chi connectivity index (χ0) is 14.1. The average molecular weight is 274 g/mol. The summed E-state index contributed by atoms with van der Waals surface area (Å²) < 4.78 is 12.1. The Hall–Kier alpha value is -1.39. The first kappa shape index (κ1) is 14.7. The summed E-state index contributed by atoms with van der Waals surface area (Å²) in [7, 11) is -3.92. The third kappa shape index (κ3) is 2.26. The number of hydrogen-bond acceptors (Lipinski definition) is 3. The van der Waals surface area contributed by atoms with E-state index in [1.54, 1.807) is 0 Å². The van der Waals surface area contributed by atoms with Crippen molar-refractivity contribution in [2.24, 2.45) is 5.41 Å². The molecule has 0 aliphatic heterocycles. The predicted molar refractivity (Wildman–Crippen MR) is 64.8 cm³/mol. The molecule has 100 valence electrons. The number of rotatable bonds is 4. The van der Waals surface area contributed by atoms with Crippen molar-refractivity contribution in [3.05, 3.63) is 23.8 Å². The number of allylic oxidation sites excluding steroid dienone is 2. The number of carbonyl (C=O) groups is 2. The minimum Gasteiger partial charge on any atom is -0.481 e. The third-order valence-electron chi connectivity index (χ3n) is 3.15. The normalized spacial score (nSPS) is 30.4. The van der Waals surface area contributed by atoms with Gasteiger partial charge < -0.3 is 15.1 Å². The molecule has 6 nitrogen and oxygen atoms in total. The molecule has 1 rings (SSSR count). The van der Waals surface area contributed by atoms with Gasteiger partial charge in [-0.1, -0.05) is 25.2 Å². The van der Waals surface area contributed by atoms with E-state index in [2.05, 4.69) is 0 Å². The topological polar surface area (TPSA) is 112 Å². The monoisotopic (exact) mass is 274 g/mol. The van der Waals surface area contributed by atoms with Gasteiger partial charge in [0.25, 0.3) is 0 Å². The second kappa shape index (κ2) is 4.71. The lowest BCUT2D eigenvalue weighted by molar-refractivity contribution is -0.145. The fourth-order valence-corrected chi connectivity index (χ4v) is 4.08. The van der Waals surface area contributed by atoms with Gasteiger partial charge in [-0.15, -0.1) is 0 Å². The molecule has 3 unspecified atom stereocenters. The maximum Gasteiger partial charge on any atom is 0.332 e. The van der Waals surface area contributed by atoms with E-state index >= 15 is 0 Å². The van der Waals surface area contributed by atoms with Crippen molar-refractivity contribution in [3.63, 3.8) is 0 Å². The molecule has 0 heterocycles. The maximum absolute atomic E-state index is 12.1. The van der Waals surface area contributed by atoms with E-state index in [-0.39, 0.29) is 11.7 Å². The average Bonchev–Trinajstić information content (AvgIpc) is 2.28. The smallest absolute Gasteiger partial charge is 0.332 e. The summed E-state index contributed by atoms with van der Waals surface area (Å²) in [5.74, 6) is -2.70. The zero-order valence-corrected chi connectivity index (χ0v) is 10.9. The fourth-order valence-electron chi connectivity index (χ4n) is 2.05. The van der Waals surface area contributed by atoms with Gasteiger partial charge in [-0.25, -0.2) is 4.79 Å². The van der Waals surface area contributed by atoms with Gasteiger partial charge in [0.1, 0.15) is 0 Å². The van der Waals surface area contributed by atoms with Crippen LogP contribution in [0.2, 0.25) is 0 Å². The molecule has 0 aromatic heterocycles. The number of aliphatic carboxylic acids is 2. The van der Waals surface area contributed by atoms with Crippen LogP contribution in [-0.2, 0) is 14.2 Å². The highest BCUT2D eigenvalue weighted by Crippen LogP contribution is 2.57. The molecule has 0 radical (unpaired) electrons. The summed E-state index contributed by atoms with van der Waals surface area (Å²) in [6.45, 7) is 2.69. The van der Waals surface area contributed by atoms with Crippen molar-refractivity contribution in [3.8, 4) is 0 Å². The van der Waals surface area contributed by atoms with E-state index in [1.807, 2.05) is 0 Å². The Labute approximate surface area is 104 Å². The Morgan fingerprint density at radius 1 is 1.44 bits per heavy atom. The van der Waals surface area contributed by atoms with E-state index in [1.165, 1.54) is 32.1 Å². The molecule has 3 N–H and O–H groups in total. The largest absolute Gasteiger partial charge is 0.481 e. The highest BCUT2D eigenvalue weighted by molar-refractivity contribution is 7.59. The highest BCUT2D eigenvalue weighted by atomic mass is 31.2. The molecule has 18 heavy (non-hydrogen) atoms. The Bertz CT molecular complexity index is 492. The minimum atomic E-state index is -3.92. The summed E-state index contributed by atoms with van der Waals surface area (Å²) in [5.41, 5.74) is -3.46. The van der Waals surface area contributed by atoms with Crippen molar-refractivity contribution in [1.29, 1.82) is 0 Å². The van der Waals surface area contributed by atoms with Crippen LogP contribution in [0.1, 0.15) is 13.8 Å². The molecule has 0 amide bonds. The van der Waals surface area contributed by atoms with Crippen LogP contribution in [0.3, 0.4) is 0 Å². The summed E-state index contributed by atoms with van der Waals surface area (Å²) in [6, 6.07) is 0. The first-order valence-electron chi connectivity index (χ1n) is 5.34. The Morgan fingerprint density at radius 3 is 2.39 bits per heavy atom. The quantitative estimate of drug-likeness (QED) is 0.666. The fraction of sp³-hybridized carbons (Fsp3) is 0.455. The highest BCUT2D eigenvalue weighted by Gasteiger charge is 2.52. The van der Waals surface area contributed by atoms with E-state index < -0.39 is 30.4 Å². The first-order chi connectivity index (χ1) is 8.16. The van der Waals surface area contributed by atoms with Gasteiger partial charge >= 0.3 is 11.9 Å². The van der Waals surface area contributed by atoms with Crippen molar-refractivity contribution in [1.82, 2.24) is 0 Å². The van der Waals surface area contributed by atoms with Gasteiger partial charge in [0.2, 0.25) is 7.37 Å². The molecule has 0 saturated heterocycles. The molecule has 0 aromatic carbocycles. The van der Waals surface area contributed by atoms with Crippen LogP contribution in [0, 0.1) is 5.41 Å². The van der Waals surface area contributed by atoms with Gasteiger partial charge in [-0.05, 0) is 6.92 Å². The second-order valence-electron chi connectivity index (χ2n) is 4.35. The van der Waals surface area contributed by atoms with Gasteiger partial charge in [0.05, 0.1) is 16.6 Å². The minimum absolute atomic E-state index is 0.182. The van der Waals surface area contributed by atoms with Gasteiger partial charge in [0, 0.05) is 6.16 Å². The van der Waals surface area contributed by atoms with Crippen LogP contribution >= 0.6 is 7.37 Å². The van der Waals surface area contributed by atoms with E-state index in [9.17, 15) is 24.2 Å². The summed E-state index contributed by atoms with van der Waals surface area (Å²) >= 11 is 0. The molecule has 0 bridgehead atoms. The lowest BCUT2D eigenvalue weighted by Crippen LogP contribution is -2.42. The SMILES string of the molecule is CCP(=O)(O)C1C(C(=O)O)=CC=CC1(C)C(=O)O. The Kier molecular flexibility index (Phi) is 3.84. The molecular weight excluding hydrogens is 259 g/mol. The third-order valence-corrected chi connectivity index (χ3v) is 5.67. The lowest BCUT2D eigenvalue weighted by atomic mass is 9.79. The molecule has 0 spiro atoms. The number of carboxylic acid groups (broad SMARTS) is 2. The van der Waals surface area contributed by atoms with Crippen molar-refractivity contribution in [2.75, 3.05) is 6.16 Å². The molecule has 3 atom stereocenters. The maximum atomic E-state index is 12.1. The van der Waals surface area contributed by atoms with Crippen LogP contribution in [-0.4, -0.2) is 38.9 Å². The number of carboxylic acids is 2. The van der Waals surface area contributed by atoms with E-state index in [4.69, 9.17) is 5.11 Å². The summed E-state index contributed by atoms with van der Waals surface area (Å²) in [5, 5.41) is 18.3. The number of hydrogen-bond donors (Lipinski definition) is 3. The second-order valence-corrected chi connectivity index (χ2v) is 7.01. The molecule has 0 saturated carbocycles. The summed E-state index contributed by atoms with van der Waals surface area (Å²) in [6.07, 6.45) is 3.55. The zero-order valence-electron chi connectivity index (χ0n) is 10.0. The van der Waals surface area contributed by atoms with Crippen LogP contribution in [0.5, 0.6) is 0 Å². The molecule has 1 aliphatic carbocycles. The van der Waals surface area contributed by atoms with E-state index in [0.29, 0.717) is 0 Å².